The maximum absolute atomic E-state index is 12.2. The van der Waals surface area contributed by atoms with E-state index in [1.807, 2.05) is 0 Å². The van der Waals surface area contributed by atoms with Crippen molar-refractivity contribution in [2.45, 2.75) is 19.6 Å². The average molecular weight is 263 g/mol. The molecule has 1 rings (SSSR count). The smallest absolute Gasteiger partial charge is 0.325 e. The van der Waals surface area contributed by atoms with Crippen molar-refractivity contribution in [3.8, 4) is 0 Å². The maximum Gasteiger partial charge on any atom is 0.416 e. The third-order valence-electron chi connectivity index (χ3n) is 1.54. The topological polar surface area (TPSA) is 38.9 Å². The first-order valence-electron chi connectivity index (χ1n) is 3.68. The molecule has 7 heteroatoms. The van der Waals surface area contributed by atoms with Crippen molar-refractivity contribution in [1.29, 1.82) is 0 Å². The number of aromatic nitrogens is 1. The SMILES string of the molecule is Cc1cc(C(F)(F)F)cc(CN)n1.Cl.Cl. The van der Waals surface area contributed by atoms with E-state index >= 15 is 0 Å². The standard InChI is InChI=1S/C8H9F3N2.2ClH/c1-5-2-6(8(9,10)11)3-7(4-12)13-5;;/h2-3H,4,12H2,1H3;2*1H. The highest BCUT2D eigenvalue weighted by Crippen LogP contribution is 2.29. The molecule has 0 aliphatic heterocycles. The van der Waals surface area contributed by atoms with Gasteiger partial charge in [0.1, 0.15) is 0 Å². The van der Waals surface area contributed by atoms with Gasteiger partial charge in [0.15, 0.2) is 0 Å². The van der Waals surface area contributed by atoms with Gasteiger partial charge < -0.3 is 5.73 Å². The van der Waals surface area contributed by atoms with Crippen molar-refractivity contribution in [3.05, 3.63) is 29.1 Å². The van der Waals surface area contributed by atoms with Crippen LogP contribution in [0, 0.1) is 6.92 Å². The Kier molecular flexibility index (Phi) is 6.92. The van der Waals surface area contributed by atoms with Crippen molar-refractivity contribution >= 4 is 24.8 Å². The Morgan fingerprint density at radius 2 is 1.80 bits per heavy atom. The highest BCUT2D eigenvalue weighted by atomic mass is 35.5. The number of nitrogens with zero attached hydrogens (tertiary/aromatic N) is 1. The summed E-state index contributed by atoms with van der Waals surface area (Å²) in [7, 11) is 0. The normalized spacial score (nSPS) is 10.2. The minimum atomic E-state index is -4.32. The lowest BCUT2D eigenvalue weighted by atomic mass is 10.2. The molecule has 0 aliphatic rings. The molecule has 1 aromatic rings. The van der Waals surface area contributed by atoms with E-state index < -0.39 is 11.7 Å². The average Bonchev–Trinajstić information content (AvgIpc) is 2.01. The second-order valence-electron chi connectivity index (χ2n) is 2.69. The number of halogens is 5. The Bertz CT molecular complexity index is 315. The van der Waals surface area contributed by atoms with Crippen LogP contribution in [0.4, 0.5) is 13.2 Å². The summed E-state index contributed by atoms with van der Waals surface area (Å²) in [6, 6.07) is 1.96. The molecule has 15 heavy (non-hydrogen) atoms. The van der Waals surface area contributed by atoms with Gasteiger partial charge in [-0.2, -0.15) is 13.2 Å². The molecule has 1 heterocycles. The molecule has 0 atom stereocenters. The third kappa shape index (κ3) is 4.68. The summed E-state index contributed by atoms with van der Waals surface area (Å²) in [4.78, 5) is 3.84. The van der Waals surface area contributed by atoms with Crippen LogP contribution < -0.4 is 5.73 Å². The summed E-state index contributed by atoms with van der Waals surface area (Å²) in [5, 5.41) is 0. The van der Waals surface area contributed by atoms with Crippen LogP contribution in [0.3, 0.4) is 0 Å². The summed E-state index contributed by atoms with van der Waals surface area (Å²) >= 11 is 0. The molecule has 0 bridgehead atoms. The molecule has 0 saturated carbocycles. The van der Waals surface area contributed by atoms with Crippen LogP contribution in [0.2, 0.25) is 0 Å². The molecule has 0 aliphatic carbocycles. The monoisotopic (exact) mass is 262 g/mol. The number of alkyl halides is 3. The predicted octanol–water partition coefficient (Wildman–Crippen LogP) is 2.71. The van der Waals surface area contributed by atoms with Crippen molar-refractivity contribution < 1.29 is 13.2 Å². The molecular formula is C8H11Cl2F3N2. The molecule has 88 valence electrons. The summed E-state index contributed by atoms with van der Waals surface area (Å²) in [5.41, 5.74) is 5.09. The van der Waals surface area contributed by atoms with Gasteiger partial charge in [-0.15, -0.1) is 24.8 Å². The van der Waals surface area contributed by atoms with E-state index in [0.29, 0.717) is 5.69 Å². The molecule has 0 saturated heterocycles. The third-order valence-corrected chi connectivity index (χ3v) is 1.54. The van der Waals surface area contributed by atoms with Gasteiger partial charge in [-0.1, -0.05) is 0 Å². The van der Waals surface area contributed by atoms with E-state index in [9.17, 15) is 13.2 Å². The van der Waals surface area contributed by atoms with E-state index in [2.05, 4.69) is 4.98 Å². The number of hydrogen-bond donors (Lipinski definition) is 1. The molecule has 1 aromatic heterocycles. The Labute approximate surface area is 97.9 Å². The van der Waals surface area contributed by atoms with Crippen molar-refractivity contribution in [2.24, 2.45) is 5.73 Å². The summed E-state index contributed by atoms with van der Waals surface area (Å²) in [6.07, 6.45) is -4.32. The number of aryl methyl sites for hydroxylation is 1. The molecule has 2 nitrogen and oxygen atoms in total. The first-order chi connectivity index (χ1) is 5.93. The number of pyridine rings is 1. The van der Waals surface area contributed by atoms with Gasteiger partial charge in [-0.25, -0.2) is 0 Å². The van der Waals surface area contributed by atoms with Crippen LogP contribution in [0.1, 0.15) is 17.0 Å². The van der Waals surface area contributed by atoms with E-state index in [1.54, 1.807) is 0 Å². The molecule has 0 spiro atoms. The van der Waals surface area contributed by atoms with Crippen LogP contribution in [0.25, 0.3) is 0 Å². The van der Waals surface area contributed by atoms with E-state index in [1.165, 1.54) is 6.92 Å². The van der Waals surface area contributed by atoms with Gasteiger partial charge in [-0.05, 0) is 19.1 Å². The molecule has 0 aromatic carbocycles. The minimum Gasteiger partial charge on any atom is -0.325 e. The van der Waals surface area contributed by atoms with Gasteiger partial charge in [0.2, 0.25) is 0 Å². The van der Waals surface area contributed by atoms with Gasteiger partial charge in [0.25, 0.3) is 0 Å². The zero-order valence-corrected chi connectivity index (χ0v) is 9.47. The van der Waals surface area contributed by atoms with E-state index in [-0.39, 0.29) is 37.1 Å². The summed E-state index contributed by atoms with van der Waals surface area (Å²) in [6.45, 7) is 1.53. The van der Waals surface area contributed by atoms with E-state index in [4.69, 9.17) is 5.73 Å². The molecule has 0 fully saturated rings. The van der Waals surface area contributed by atoms with Crippen LogP contribution in [0.15, 0.2) is 12.1 Å². The molecule has 0 amide bonds. The minimum absolute atomic E-state index is 0. The fraction of sp³-hybridized carbons (Fsp3) is 0.375. The quantitative estimate of drug-likeness (QED) is 0.846. The van der Waals surface area contributed by atoms with E-state index in [0.717, 1.165) is 12.1 Å². The van der Waals surface area contributed by atoms with Crippen molar-refractivity contribution in [3.63, 3.8) is 0 Å². The zero-order valence-electron chi connectivity index (χ0n) is 7.84. The molecule has 2 N–H and O–H groups in total. The fourth-order valence-corrected chi connectivity index (χ4v) is 1.01. The Hall–Kier alpha value is -0.520. The number of rotatable bonds is 1. The second kappa shape index (κ2) is 6.15. The predicted molar refractivity (Wildman–Crippen MR) is 56.4 cm³/mol. The molecule has 0 unspecified atom stereocenters. The van der Waals surface area contributed by atoms with Gasteiger partial charge in [0.05, 0.1) is 11.3 Å². The van der Waals surface area contributed by atoms with Crippen LogP contribution >= 0.6 is 24.8 Å². The Balaban J connectivity index is 0. The van der Waals surface area contributed by atoms with Gasteiger partial charge in [-0.3, -0.25) is 4.98 Å². The molecule has 0 radical (unpaired) electrons. The lowest BCUT2D eigenvalue weighted by Gasteiger charge is -2.08. The molecular weight excluding hydrogens is 252 g/mol. The Morgan fingerprint density at radius 3 is 2.20 bits per heavy atom. The van der Waals surface area contributed by atoms with Gasteiger partial charge in [0, 0.05) is 12.2 Å². The zero-order chi connectivity index (χ0) is 10.1. The summed E-state index contributed by atoms with van der Waals surface area (Å²) in [5.74, 6) is 0. The number of hydrogen-bond acceptors (Lipinski definition) is 2. The second-order valence-corrected chi connectivity index (χ2v) is 2.69. The van der Waals surface area contributed by atoms with Crippen molar-refractivity contribution in [2.75, 3.05) is 0 Å². The fourth-order valence-electron chi connectivity index (χ4n) is 1.01. The number of nitrogens with two attached hydrogens (primary N) is 1. The van der Waals surface area contributed by atoms with Crippen LogP contribution in [0.5, 0.6) is 0 Å². The first-order valence-corrected chi connectivity index (χ1v) is 3.68. The highest BCUT2D eigenvalue weighted by Gasteiger charge is 2.30. The maximum atomic E-state index is 12.2. The Morgan fingerprint density at radius 1 is 1.27 bits per heavy atom. The van der Waals surface area contributed by atoms with Crippen LogP contribution in [-0.2, 0) is 12.7 Å². The lowest BCUT2D eigenvalue weighted by molar-refractivity contribution is -0.137. The highest BCUT2D eigenvalue weighted by molar-refractivity contribution is 5.85. The van der Waals surface area contributed by atoms with Crippen LogP contribution in [-0.4, -0.2) is 4.98 Å². The lowest BCUT2D eigenvalue weighted by Crippen LogP contribution is -2.09. The first kappa shape index (κ1) is 16.9. The summed E-state index contributed by atoms with van der Waals surface area (Å²) < 4.78 is 36.6. The van der Waals surface area contributed by atoms with Crippen molar-refractivity contribution in [1.82, 2.24) is 4.98 Å². The van der Waals surface area contributed by atoms with Gasteiger partial charge >= 0.3 is 6.18 Å². The largest absolute Gasteiger partial charge is 0.416 e.